The minimum atomic E-state index is -0.391. The normalized spacial score (nSPS) is 22.1. The standard InChI is InChI=1S/C10H19NO3/c1-13-10(14-2)4-7-11(8-5-10)6-3-9-12/h9H,3-8H2,1-2H3. The second-order valence-electron chi connectivity index (χ2n) is 3.62. The number of nitrogens with zero attached hydrogens (tertiary/aromatic N) is 1. The summed E-state index contributed by atoms with van der Waals surface area (Å²) in [6.07, 6.45) is 3.33. The summed E-state index contributed by atoms with van der Waals surface area (Å²) < 4.78 is 10.7. The van der Waals surface area contributed by atoms with E-state index in [0.29, 0.717) is 6.42 Å². The van der Waals surface area contributed by atoms with Crippen LogP contribution in [0.1, 0.15) is 19.3 Å². The van der Waals surface area contributed by atoms with Crippen LogP contribution in [0.2, 0.25) is 0 Å². The minimum Gasteiger partial charge on any atom is -0.353 e. The molecule has 0 spiro atoms. The second kappa shape index (κ2) is 5.44. The maximum atomic E-state index is 10.2. The number of likely N-dealkylation sites (tertiary alicyclic amines) is 1. The zero-order valence-corrected chi connectivity index (χ0v) is 8.99. The van der Waals surface area contributed by atoms with Crippen LogP contribution in [-0.4, -0.2) is 50.8 Å². The molecule has 1 aliphatic heterocycles. The van der Waals surface area contributed by atoms with E-state index in [9.17, 15) is 4.79 Å². The van der Waals surface area contributed by atoms with Crippen molar-refractivity contribution in [2.75, 3.05) is 33.9 Å². The van der Waals surface area contributed by atoms with Crippen LogP contribution in [0, 0.1) is 0 Å². The number of piperidine rings is 1. The minimum absolute atomic E-state index is 0.391. The van der Waals surface area contributed by atoms with Crippen LogP contribution < -0.4 is 0 Å². The molecule has 1 saturated heterocycles. The number of hydrogen-bond donors (Lipinski definition) is 0. The lowest BCUT2D eigenvalue weighted by molar-refractivity contribution is -0.229. The number of carbonyl (C=O) groups excluding carboxylic acids is 1. The number of methoxy groups -OCH3 is 2. The molecule has 0 unspecified atom stereocenters. The molecule has 1 heterocycles. The van der Waals surface area contributed by atoms with E-state index in [1.165, 1.54) is 0 Å². The molecule has 0 amide bonds. The summed E-state index contributed by atoms with van der Waals surface area (Å²) in [6.45, 7) is 2.73. The second-order valence-corrected chi connectivity index (χ2v) is 3.62. The third-order valence-corrected chi connectivity index (χ3v) is 2.93. The first-order valence-corrected chi connectivity index (χ1v) is 5.02. The Morgan fingerprint density at radius 1 is 1.29 bits per heavy atom. The van der Waals surface area contributed by atoms with Gasteiger partial charge >= 0.3 is 0 Å². The van der Waals surface area contributed by atoms with Gasteiger partial charge in [0.05, 0.1) is 0 Å². The van der Waals surface area contributed by atoms with Crippen LogP contribution in [0.15, 0.2) is 0 Å². The lowest BCUT2D eigenvalue weighted by atomic mass is 10.0. The van der Waals surface area contributed by atoms with Crippen LogP contribution in [-0.2, 0) is 14.3 Å². The molecule has 0 N–H and O–H groups in total. The van der Waals surface area contributed by atoms with Gasteiger partial charge in [-0.3, -0.25) is 0 Å². The SMILES string of the molecule is COC1(OC)CCN(CCC=O)CC1. The Morgan fingerprint density at radius 3 is 2.29 bits per heavy atom. The van der Waals surface area contributed by atoms with Gasteiger partial charge in [0.15, 0.2) is 5.79 Å². The van der Waals surface area contributed by atoms with E-state index >= 15 is 0 Å². The predicted molar refractivity (Wildman–Crippen MR) is 53.1 cm³/mol. The highest BCUT2D eigenvalue weighted by Crippen LogP contribution is 2.26. The zero-order valence-electron chi connectivity index (χ0n) is 8.99. The number of carbonyl (C=O) groups is 1. The fourth-order valence-corrected chi connectivity index (χ4v) is 1.84. The van der Waals surface area contributed by atoms with Crippen LogP contribution in [0.3, 0.4) is 0 Å². The fraction of sp³-hybridized carbons (Fsp3) is 0.900. The fourth-order valence-electron chi connectivity index (χ4n) is 1.84. The monoisotopic (exact) mass is 201 g/mol. The van der Waals surface area contributed by atoms with Gasteiger partial charge in [-0.1, -0.05) is 0 Å². The van der Waals surface area contributed by atoms with E-state index in [0.717, 1.165) is 38.8 Å². The molecule has 1 rings (SSSR count). The van der Waals surface area contributed by atoms with E-state index in [2.05, 4.69) is 4.90 Å². The van der Waals surface area contributed by atoms with E-state index in [1.807, 2.05) is 0 Å². The Kier molecular flexibility index (Phi) is 4.51. The Labute approximate surface area is 85.2 Å². The third-order valence-electron chi connectivity index (χ3n) is 2.93. The summed E-state index contributed by atoms with van der Waals surface area (Å²) in [4.78, 5) is 12.5. The van der Waals surface area contributed by atoms with Gasteiger partial charge in [0.25, 0.3) is 0 Å². The number of aldehydes is 1. The Hall–Kier alpha value is -0.450. The lowest BCUT2D eigenvalue weighted by Crippen LogP contribution is -2.47. The topological polar surface area (TPSA) is 38.8 Å². The first kappa shape index (κ1) is 11.6. The van der Waals surface area contributed by atoms with E-state index in [1.54, 1.807) is 14.2 Å². The largest absolute Gasteiger partial charge is 0.353 e. The van der Waals surface area contributed by atoms with Gasteiger partial charge in [0.2, 0.25) is 0 Å². The highest BCUT2D eigenvalue weighted by molar-refractivity contribution is 5.49. The summed E-state index contributed by atoms with van der Waals surface area (Å²) in [7, 11) is 3.37. The zero-order chi connectivity index (χ0) is 10.4. The molecule has 0 aromatic heterocycles. The molecule has 0 bridgehead atoms. The van der Waals surface area contributed by atoms with Crippen molar-refractivity contribution in [3.63, 3.8) is 0 Å². The Morgan fingerprint density at radius 2 is 1.86 bits per heavy atom. The molecule has 0 aromatic carbocycles. The summed E-state index contributed by atoms with van der Waals surface area (Å²) in [5.74, 6) is -0.391. The van der Waals surface area contributed by atoms with Crippen molar-refractivity contribution in [1.29, 1.82) is 0 Å². The van der Waals surface area contributed by atoms with Crippen molar-refractivity contribution in [3.8, 4) is 0 Å². The smallest absolute Gasteiger partial charge is 0.169 e. The van der Waals surface area contributed by atoms with E-state index in [-0.39, 0.29) is 0 Å². The number of rotatable bonds is 5. The number of hydrogen-bond acceptors (Lipinski definition) is 4. The average molecular weight is 201 g/mol. The summed E-state index contributed by atoms with van der Waals surface area (Å²) in [6, 6.07) is 0. The molecule has 0 atom stereocenters. The maximum Gasteiger partial charge on any atom is 0.169 e. The molecule has 4 heteroatoms. The van der Waals surface area contributed by atoms with Gasteiger partial charge in [-0.05, 0) is 0 Å². The van der Waals surface area contributed by atoms with E-state index < -0.39 is 5.79 Å². The van der Waals surface area contributed by atoms with Crippen molar-refractivity contribution in [2.45, 2.75) is 25.0 Å². The summed E-state index contributed by atoms with van der Waals surface area (Å²) in [5.41, 5.74) is 0. The molecule has 0 saturated carbocycles. The molecule has 14 heavy (non-hydrogen) atoms. The Balaban J connectivity index is 2.32. The highest BCUT2D eigenvalue weighted by Gasteiger charge is 2.33. The van der Waals surface area contributed by atoms with Crippen molar-refractivity contribution >= 4 is 6.29 Å². The predicted octanol–water partition coefficient (Wildman–Crippen LogP) is 0.660. The molecule has 4 nitrogen and oxygen atoms in total. The molecule has 1 fully saturated rings. The van der Waals surface area contributed by atoms with Crippen LogP contribution >= 0.6 is 0 Å². The first-order chi connectivity index (χ1) is 6.76. The highest BCUT2D eigenvalue weighted by atomic mass is 16.7. The molecule has 82 valence electrons. The molecule has 0 aliphatic carbocycles. The van der Waals surface area contributed by atoms with Crippen molar-refractivity contribution in [1.82, 2.24) is 4.90 Å². The third kappa shape index (κ3) is 2.77. The van der Waals surface area contributed by atoms with Gasteiger partial charge in [-0.2, -0.15) is 0 Å². The van der Waals surface area contributed by atoms with E-state index in [4.69, 9.17) is 9.47 Å². The van der Waals surface area contributed by atoms with Gasteiger partial charge < -0.3 is 19.2 Å². The van der Waals surface area contributed by atoms with Crippen LogP contribution in [0.25, 0.3) is 0 Å². The van der Waals surface area contributed by atoms with Crippen molar-refractivity contribution in [2.24, 2.45) is 0 Å². The van der Waals surface area contributed by atoms with Gasteiger partial charge in [0, 0.05) is 53.1 Å². The number of ether oxygens (including phenoxy) is 2. The van der Waals surface area contributed by atoms with Crippen molar-refractivity contribution in [3.05, 3.63) is 0 Å². The first-order valence-electron chi connectivity index (χ1n) is 5.02. The average Bonchev–Trinajstić information content (AvgIpc) is 2.27. The van der Waals surface area contributed by atoms with Crippen molar-refractivity contribution < 1.29 is 14.3 Å². The molecule has 1 aliphatic rings. The molecular formula is C10H19NO3. The quantitative estimate of drug-likeness (QED) is 0.484. The Bertz CT molecular complexity index is 170. The summed E-state index contributed by atoms with van der Waals surface area (Å²) >= 11 is 0. The summed E-state index contributed by atoms with van der Waals surface area (Å²) in [5, 5.41) is 0. The van der Waals surface area contributed by atoms with Gasteiger partial charge in [-0.15, -0.1) is 0 Å². The lowest BCUT2D eigenvalue weighted by Gasteiger charge is -2.39. The molecule has 0 radical (unpaired) electrons. The van der Waals surface area contributed by atoms with Gasteiger partial charge in [0.1, 0.15) is 6.29 Å². The molecule has 0 aromatic rings. The van der Waals surface area contributed by atoms with Crippen LogP contribution in [0.5, 0.6) is 0 Å². The van der Waals surface area contributed by atoms with Gasteiger partial charge in [-0.25, -0.2) is 0 Å². The maximum absolute atomic E-state index is 10.2. The molecular weight excluding hydrogens is 182 g/mol. The van der Waals surface area contributed by atoms with Crippen LogP contribution in [0.4, 0.5) is 0 Å².